The normalized spacial score (nSPS) is 10.8. The number of hydrogen-bond donors (Lipinski definition) is 3. The molecule has 0 saturated carbocycles. The van der Waals surface area contributed by atoms with E-state index in [-0.39, 0.29) is 5.91 Å². The number of rotatable bonds is 4. The molecule has 124 valence electrons. The van der Waals surface area contributed by atoms with Gasteiger partial charge in [0.1, 0.15) is 4.88 Å². The molecule has 3 aromatic heterocycles. The van der Waals surface area contributed by atoms with Crippen LogP contribution in [0.2, 0.25) is 0 Å². The lowest BCUT2D eigenvalue weighted by Crippen LogP contribution is -2.11. The van der Waals surface area contributed by atoms with E-state index in [0.29, 0.717) is 10.0 Å². The van der Waals surface area contributed by atoms with Crippen molar-refractivity contribution in [1.29, 1.82) is 0 Å². The van der Waals surface area contributed by atoms with Crippen LogP contribution in [-0.4, -0.2) is 26.1 Å². The van der Waals surface area contributed by atoms with E-state index in [1.165, 1.54) is 11.3 Å². The number of anilines is 3. The number of aromatic amines is 1. The molecule has 0 aliphatic carbocycles. The van der Waals surface area contributed by atoms with Gasteiger partial charge in [0.2, 0.25) is 0 Å². The van der Waals surface area contributed by atoms with E-state index in [2.05, 4.69) is 30.8 Å². The van der Waals surface area contributed by atoms with E-state index in [0.717, 1.165) is 27.8 Å². The predicted octanol–water partition coefficient (Wildman–Crippen LogP) is 3.72. The Morgan fingerprint density at radius 3 is 2.84 bits per heavy atom. The number of benzene rings is 1. The van der Waals surface area contributed by atoms with E-state index in [9.17, 15) is 4.79 Å². The SMILES string of the molecule is Cc1ccc2[nH]ncc2c1NC(=O)c1cnc(Nc2ccncc2)s1. The second-order valence-electron chi connectivity index (χ2n) is 5.43. The Hall–Kier alpha value is -3.26. The molecule has 0 aliphatic heterocycles. The third-order valence-corrected chi connectivity index (χ3v) is 4.64. The van der Waals surface area contributed by atoms with Gasteiger partial charge < -0.3 is 10.6 Å². The van der Waals surface area contributed by atoms with Crippen LogP contribution < -0.4 is 10.6 Å². The zero-order chi connectivity index (χ0) is 17.2. The predicted molar refractivity (Wildman–Crippen MR) is 98.4 cm³/mol. The van der Waals surface area contributed by atoms with Crippen molar-refractivity contribution in [2.75, 3.05) is 10.6 Å². The Kier molecular flexibility index (Phi) is 3.87. The number of H-pyrrole nitrogens is 1. The number of amides is 1. The van der Waals surface area contributed by atoms with Crippen molar-refractivity contribution < 1.29 is 4.79 Å². The van der Waals surface area contributed by atoms with Crippen molar-refractivity contribution in [3.8, 4) is 0 Å². The van der Waals surface area contributed by atoms with Crippen LogP contribution in [0.4, 0.5) is 16.5 Å². The number of aromatic nitrogens is 4. The lowest BCUT2D eigenvalue weighted by Gasteiger charge is -2.08. The van der Waals surface area contributed by atoms with Crippen LogP contribution in [0.5, 0.6) is 0 Å². The highest BCUT2D eigenvalue weighted by molar-refractivity contribution is 7.17. The fourth-order valence-corrected chi connectivity index (χ4v) is 3.19. The minimum absolute atomic E-state index is 0.197. The zero-order valence-electron chi connectivity index (χ0n) is 13.3. The number of pyridine rings is 1. The van der Waals surface area contributed by atoms with E-state index in [1.54, 1.807) is 24.8 Å². The van der Waals surface area contributed by atoms with Crippen molar-refractivity contribution in [1.82, 2.24) is 20.2 Å². The molecule has 0 atom stereocenters. The minimum atomic E-state index is -0.197. The molecule has 7 nitrogen and oxygen atoms in total. The molecular weight excluding hydrogens is 336 g/mol. The van der Waals surface area contributed by atoms with E-state index in [1.807, 2.05) is 31.2 Å². The Morgan fingerprint density at radius 1 is 1.16 bits per heavy atom. The monoisotopic (exact) mass is 350 g/mol. The highest BCUT2D eigenvalue weighted by atomic mass is 32.1. The van der Waals surface area contributed by atoms with Crippen LogP contribution in [0.1, 0.15) is 15.2 Å². The molecule has 0 fully saturated rings. The Labute approximate surface area is 147 Å². The van der Waals surface area contributed by atoms with Crippen molar-refractivity contribution in [2.24, 2.45) is 0 Å². The Bertz CT molecular complexity index is 1040. The molecule has 3 heterocycles. The molecule has 1 aromatic carbocycles. The van der Waals surface area contributed by atoms with Crippen LogP contribution in [0.25, 0.3) is 10.9 Å². The lowest BCUT2D eigenvalue weighted by atomic mass is 10.1. The topological polar surface area (TPSA) is 95.6 Å². The second kappa shape index (κ2) is 6.33. The van der Waals surface area contributed by atoms with E-state index >= 15 is 0 Å². The molecule has 0 unspecified atom stereocenters. The number of carbonyl (C=O) groups excluding carboxylic acids is 1. The van der Waals surface area contributed by atoms with Crippen molar-refractivity contribution in [3.63, 3.8) is 0 Å². The van der Waals surface area contributed by atoms with Crippen LogP contribution >= 0.6 is 11.3 Å². The van der Waals surface area contributed by atoms with Crippen molar-refractivity contribution >= 4 is 44.7 Å². The zero-order valence-corrected chi connectivity index (χ0v) is 14.1. The highest BCUT2D eigenvalue weighted by Crippen LogP contribution is 2.28. The number of carbonyl (C=O) groups is 1. The average Bonchev–Trinajstić information content (AvgIpc) is 3.27. The van der Waals surface area contributed by atoms with E-state index < -0.39 is 0 Å². The maximum absolute atomic E-state index is 12.6. The van der Waals surface area contributed by atoms with Gasteiger partial charge in [-0.2, -0.15) is 5.10 Å². The summed E-state index contributed by atoms with van der Waals surface area (Å²) in [6.45, 7) is 1.95. The van der Waals surface area contributed by atoms with E-state index in [4.69, 9.17) is 0 Å². The quantitative estimate of drug-likeness (QED) is 0.521. The van der Waals surface area contributed by atoms with Gasteiger partial charge in [-0.1, -0.05) is 17.4 Å². The number of nitrogens with one attached hydrogen (secondary N) is 3. The molecular formula is C17H14N6OS. The first-order valence-corrected chi connectivity index (χ1v) is 8.39. The lowest BCUT2D eigenvalue weighted by molar-refractivity contribution is 0.103. The number of fused-ring (bicyclic) bond motifs is 1. The standard InChI is InChI=1S/C17H14N6OS/c1-10-2-3-13-12(8-20-23-13)15(10)22-16(24)14-9-19-17(25-14)21-11-4-6-18-7-5-11/h2-9H,1H3,(H,20,23)(H,22,24)(H,18,19,21). The summed E-state index contributed by atoms with van der Waals surface area (Å²) in [5, 5.41) is 14.6. The average molecular weight is 350 g/mol. The Balaban J connectivity index is 1.55. The molecule has 3 N–H and O–H groups in total. The van der Waals surface area contributed by atoms with Gasteiger partial charge in [-0.25, -0.2) is 4.98 Å². The van der Waals surface area contributed by atoms with Crippen molar-refractivity contribution in [3.05, 3.63) is 59.5 Å². The molecule has 25 heavy (non-hydrogen) atoms. The summed E-state index contributed by atoms with van der Waals surface area (Å²) in [5.41, 5.74) is 3.48. The maximum atomic E-state index is 12.6. The van der Waals surface area contributed by atoms with Gasteiger partial charge in [0.05, 0.1) is 23.6 Å². The molecule has 0 radical (unpaired) electrons. The minimum Gasteiger partial charge on any atom is -0.331 e. The largest absolute Gasteiger partial charge is 0.331 e. The van der Waals surface area contributed by atoms with Crippen LogP contribution in [-0.2, 0) is 0 Å². The number of hydrogen-bond acceptors (Lipinski definition) is 6. The maximum Gasteiger partial charge on any atom is 0.267 e. The van der Waals surface area contributed by atoms with Gasteiger partial charge in [0.15, 0.2) is 5.13 Å². The number of nitrogens with zero attached hydrogens (tertiary/aromatic N) is 3. The summed E-state index contributed by atoms with van der Waals surface area (Å²) < 4.78 is 0. The molecule has 4 aromatic rings. The third-order valence-electron chi connectivity index (χ3n) is 3.73. The molecule has 0 bridgehead atoms. The smallest absolute Gasteiger partial charge is 0.267 e. The molecule has 0 aliphatic rings. The highest BCUT2D eigenvalue weighted by Gasteiger charge is 2.14. The molecule has 4 rings (SSSR count). The summed E-state index contributed by atoms with van der Waals surface area (Å²) in [5.74, 6) is -0.197. The van der Waals surface area contributed by atoms with Crippen LogP contribution in [0.15, 0.2) is 49.1 Å². The second-order valence-corrected chi connectivity index (χ2v) is 6.46. The van der Waals surface area contributed by atoms with Crippen molar-refractivity contribution in [2.45, 2.75) is 6.92 Å². The van der Waals surface area contributed by atoms with Crippen LogP contribution in [0, 0.1) is 6.92 Å². The first-order valence-electron chi connectivity index (χ1n) is 7.57. The summed E-state index contributed by atoms with van der Waals surface area (Å²) in [6, 6.07) is 7.56. The third kappa shape index (κ3) is 3.07. The number of aryl methyl sites for hydroxylation is 1. The molecule has 8 heteroatoms. The summed E-state index contributed by atoms with van der Waals surface area (Å²) >= 11 is 1.29. The summed E-state index contributed by atoms with van der Waals surface area (Å²) in [4.78, 5) is 21.3. The Morgan fingerprint density at radius 2 is 2.00 bits per heavy atom. The van der Waals surface area contributed by atoms with Gasteiger partial charge in [0.25, 0.3) is 5.91 Å². The first-order chi connectivity index (χ1) is 12.2. The molecule has 1 amide bonds. The van der Waals surface area contributed by atoms with Gasteiger partial charge in [-0.3, -0.25) is 14.9 Å². The molecule has 0 spiro atoms. The van der Waals surface area contributed by atoms with Crippen LogP contribution in [0.3, 0.4) is 0 Å². The first kappa shape index (κ1) is 15.3. The summed E-state index contributed by atoms with van der Waals surface area (Å²) in [6.07, 6.45) is 6.66. The fourth-order valence-electron chi connectivity index (χ4n) is 2.46. The van der Waals surface area contributed by atoms with Gasteiger partial charge in [-0.15, -0.1) is 0 Å². The molecule has 0 saturated heterocycles. The van der Waals surface area contributed by atoms with Gasteiger partial charge in [0, 0.05) is 23.5 Å². The van der Waals surface area contributed by atoms with Gasteiger partial charge >= 0.3 is 0 Å². The number of thiazole rings is 1. The summed E-state index contributed by atoms with van der Waals surface area (Å²) in [7, 11) is 0. The fraction of sp³-hybridized carbons (Fsp3) is 0.0588. The van der Waals surface area contributed by atoms with Gasteiger partial charge in [-0.05, 0) is 30.7 Å².